The van der Waals surface area contributed by atoms with Crippen LogP contribution >= 0.6 is 39.1 Å². The number of hydrogen-bond donors (Lipinski definition) is 1. The van der Waals surface area contributed by atoms with Crippen LogP contribution in [-0.2, 0) is 0 Å². The molecule has 0 atom stereocenters. The van der Waals surface area contributed by atoms with Crippen molar-refractivity contribution in [2.45, 2.75) is 0 Å². The molecule has 1 aromatic carbocycles. The first-order chi connectivity index (χ1) is 9.56. The van der Waals surface area contributed by atoms with E-state index >= 15 is 0 Å². The van der Waals surface area contributed by atoms with E-state index in [9.17, 15) is 5.26 Å². The lowest BCUT2D eigenvalue weighted by molar-refractivity contribution is 0.320. The molecule has 1 N–H and O–H groups in total. The van der Waals surface area contributed by atoms with Gasteiger partial charge in [-0.15, -0.1) is 0 Å². The zero-order valence-electron chi connectivity index (χ0n) is 9.94. The summed E-state index contributed by atoms with van der Waals surface area (Å²) in [6, 6.07) is 9.03. The molecule has 20 heavy (non-hydrogen) atoms. The number of nitrogens with zero attached hydrogens (tertiary/aromatic N) is 2. The number of nitriles is 1. The third kappa shape index (κ3) is 2.96. The number of rotatable bonds is 1. The van der Waals surface area contributed by atoms with Crippen LogP contribution in [0.25, 0.3) is 5.57 Å². The molecule has 0 amide bonds. The van der Waals surface area contributed by atoms with Crippen molar-refractivity contribution < 1.29 is 5.21 Å². The first kappa shape index (κ1) is 14.9. The summed E-state index contributed by atoms with van der Waals surface area (Å²) in [5.74, 6) is 0. The van der Waals surface area contributed by atoms with E-state index in [4.69, 9.17) is 28.4 Å². The highest BCUT2D eigenvalue weighted by Gasteiger charge is 2.18. The molecule has 0 aromatic heterocycles. The fourth-order valence-electron chi connectivity index (χ4n) is 1.70. The Morgan fingerprint density at radius 1 is 1.20 bits per heavy atom. The van der Waals surface area contributed by atoms with E-state index in [1.165, 1.54) is 6.08 Å². The van der Waals surface area contributed by atoms with Gasteiger partial charge in [-0.25, -0.2) is 0 Å². The Balaban J connectivity index is 2.61. The van der Waals surface area contributed by atoms with Crippen LogP contribution in [0.3, 0.4) is 0 Å². The molecule has 100 valence electrons. The first-order valence-electron chi connectivity index (χ1n) is 5.44. The van der Waals surface area contributed by atoms with Gasteiger partial charge in [-0.3, -0.25) is 0 Å². The second kappa shape index (κ2) is 6.27. The summed E-state index contributed by atoms with van der Waals surface area (Å²) >= 11 is 15.2. The van der Waals surface area contributed by atoms with Gasteiger partial charge in [0.05, 0.1) is 10.6 Å². The maximum atomic E-state index is 9.38. The first-order valence-corrected chi connectivity index (χ1v) is 6.99. The molecule has 0 saturated heterocycles. The molecule has 3 nitrogen and oxygen atoms in total. The highest BCUT2D eigenvalue weighted by Crippen LogP contribution is 2.33. The lowest BCUT2D eigenvalue weighted by atomic mass is 9.97. The molecule has 0 fully saturated rings. The standard InChI is InChI=1S/C14H7BrCl2N2O/c15-12-5-10(13(17)6-14(12)19-20)11(7-18)8-1-3-9(16)4-2-8/h1-6,20H/b11-10+,19-14-. The normalized spacial score (nSPS) is 19.2. The fraction of sp³-hybridized carbons (Fsp3) is 0. The van der Waals surface area contributed by atoms with Crippen LogP contribution in [0.2, 0.25) is 5.02 Å². The monoisotopic (exact) mass is 368 g/mol. The quantitative estimate of drug-likeness (QED) is 0.436. The molecule has 1 aliphatic rings. The van der Waals surface area contributed by atoms with Crippen molar-refractivity contribution in [3.63, 3.8) is 0 Å². The van der Waals surface area contributed by atoms with Gasteiger partial charge in [0.1, 0.15) is 11.8 Å². The van der Waals surface area contributed by atoms with Gasteiger partial charge in [-0.2, -0.15) is 5.26 Å². The predicted molar refractivity (Wildman–Crippen MR) is 84.2 cm³/mol. The van der Waals surface area contributed by atoms with Gasteiger partial charge in [-0.05, 0) is 45.8 Å². The van der Waals surface area contributed by atoms with E-state index in [1.807, 2.05) is 0 Å². The molecular formula is C14H7BrCl2N2O. The smallest absolute Gasteiger partial charge is 0.118 e. The van der Waals surface area contributed by atoms with Crippen LogP contribution in [-0.4, -0.2) is 10.9 Å². The summed E-state index contributed by atoms with van der Waals surface area (Å²) < 4.78 is 0.543. The van der Waals surface area contributed by atoms with Crippen LogP contribution in [0.1, 0.15) is 5.56 Å². The number of hydrogen-bond acceptors (Lipinski definition) is 3. The van der Waals surface area contributed by atoms with Crippen LogP contribution in [0.5, 0.6) is 0 Å². The van der Waals surface area contributed by atoms with Crippen LogP contribution in [0.15, 0.2) is 56.7 Å². The highest BCUT2D eigenvalue weighted by atomic mass is 79.9. The van der Waals surface area contributed by atoms with Gasteiger partial charge in [-0.1, -0.05) is 40.5 Å². The maximum Gasteiger partial charge on any atom is 0.118 e. The van der Waals surface area contributed by atoms with E-state index in [0.717, 1.165) is 0 Å². The van der Waals surface area contributed by atoms with Crippen molar-refractivity contribution in [3.8, 4) is 6.07 Å². The molecule has 0 heterocycles. The second-order valence-electron chi connectivity index (χ2n) is 3.88. The molecule has 6 heteroatoms. The minimum absolute atomic E-state index is 0.298. The third-order valence-corrected chi connectivity index (χ3v) is 3.86. The Kier molecular flexibility index (Phi) is 4.66. The van der Waals surface area contributed by atoms with E-state index in [-0.39, 0.29) is 0 Å². The lowest BCUT2D eigenvalue weighted by Crippen LogP contribution is -2.03. The average Bonchev–Trinajstić information content (AvgIpc) is 2.45. The summed E-state index contributed by atoms with van der Waals surface area (Å²) in [7, 11) is 0. The zero-order chi connectivity index (χ0) is 14.7. The van der Waals surface area contributed by atoms with Crippen molar-refractivity contribution in [2.24, 2.45) is 5.16 Å². The van der Waals surface area contributed by atoms with Crippen LogP contribution in [0.4, 0.5) is 0 Å². The lowest BCUT2D eigenvalue weighted by Gasteiger charge is -2.12. The SMILES string of the molecule is N#C/C(=C1C=C(Br)/C(=N\O)C=C/1Cl)c1ccc(Cl)cc1. The Morgan fingerprint density at radius 2 is 1.85 bits per heavy atom. The summed E-state index contributed by atoms with van der Waals surface area (Å²) in [6.07, 6.45) is 3.12. The van der Waals surface area contributed by atoms with Gasteiger partial charge < -0.3 is 5.21 Å². The molecule has 0 spiro atoms. The molecule has 0 radical (unpaired) electrons. The highest BCUT2D eigenvalue weighted by molar-refractivity contribution is 9.12. The topological polar surface area (TPSA) is 56.4 Å². The van der Waals surface area contributed by atoms with Crippen LogP contribution < -0.4 is 0 Å². The van der Waals surface area contributed by atoms with Crippen molar-refractivity contribution in [2.75, 3.05) is 0 Å². The number of benzene rings is 1. The van der Waals surface area contributed by atoms with Gasteiger partial charge in [0.15, 0.2) is 0 Å². The third-order valence-electron chi connectivity index (χ3n) is 2.66. The molecule has 0 unspecified atom stereocenters. The summed E-state index contributed by atoms with van der Waals surface area (Å²) in [4.78, 5) is 0. The summed E-state index contributed by atoms with van der Waals surface area (Å²) in [5.41, 5.74) is 1.97. The average molecular weight is 370 g/mol. The minimum Gasteiger partial charge on any atom is -0.410 e. The Hall–Kier alpha value is -1.54. The van der Waals surface area contributed by atoms with Gasteiger partial charge >= 0.3 is 0 Å². The van der Waals surface area contributed by atoms with Gasteiger partial charge in [0, 0.05) is 15.1 Å². The largest absolute Gasteiger partial charge is 0.410 e. The molecule has 1 aliphatic carbocycles. The molecule has 0 saturated carbocycles. The van der Waals surface area contributed by atoms with Crippen molar-refractivity contribution in [1.82, 2.24) is 0 Å². The predicted octanol–water partition coefficient (Wildman–Crippen LogP) is 4.86. The van der Waals surface area contributed by atoms with Gasteiger partial charge in [0.25, 0.3) is 0 Å². The summed E-state index contributed by atoms with van der Waals surface area (Å²) in [5, 5.41) is 22.2. The van der Waals surface area contributed by atoms with Crippen molar-refractivity contribution in [3.05, 3.63) is 62.1 Å². The van der Waals surface area contributed by atoms with E-state index < -0.39 is 0 Å². The van der Waals surface area contributed by atoms with Crippen molar-refractivity contribution in [1.29, 1.82) is 5.26 Å². The number of allylic oxidation sites excluding steroid dienone is 6. The van der Waals surface area contributed by atoms with Crippen molar-refractivity contribution >= 4 is 50.4 Å². The molecule has 2 rings (SSSR count). The van der Waals surface area contributed by atoms with Crippen LogP contribution in [0, 0.1) is 11.3 Å². The van der Waals surface area contributed by atoms with E-state index in [1.54, 1.807) is 30.3 Å². The maximum absolute atomic E-state index is 9.38. The Labute approximate surface area is 134 Å². The number of halogens is 3. The van der Waals surface area contributed by atoms with E-state index in [2.05, 4.69) is 27.2 Å². The molecule has 0 aliphatic heterocycles. The van der Waals surface area contributed by atoms with E-state index in [0.29, 0.717) is 37.0 Å². The Bertz CT molecular complexity index is 710. The molecule has 0 bridgehead atoms. The fourth-order valence-corrected chi connectivity index (χ4v) is 2.50. The number of oxime groups is 1. The van der Waals surface area contributed by atoms with Gasteiger partial charge in [0.2, 0.25) is 0 Å². The summed E-state index contributed by atoms with van der Waals surface area (Å²) in [6.45, 7) is 0. The second-order valence-corrected chi connectivity index (χ2v) is 5.58. The molecule has 1 aromatic rings. The molecular weight excluding hydrogens is 363 g/mol. The zero-order valence-corrected chi connectivity index (χ0v) is 13.0. The Morgan fingerprint density at radius 3 is 2.40 bits per heavy atom. The minimum atomic E-state index is 0.298.